The predicted octanol–water partition coefficient (Wildman–Crippen LogP) is -0.127. The molecule has 0 bridgehead atoms. The van der Waals surface area contributed by atoms with Crippen LogP contribution in [0.2, 0.25) is 0 Å². The fraction of sp³-hybridized carbons (Fsp3) is 0.538. The van der Waals surface area contributed by atoms with E-state index in [4.69, 9.17) is 9.84 Å². The van der Waals surface area contributed by atoms with Crippen molar-refractivity contribution in [1.82, 2.24) is 15.1 Å². The van der Waals surface area contributed by atoms with E-state index >= 15 is 0 Å². The van der Waals surface area contributed by atoms with Crippen LogP contribution < -0.4 is 10.9 Å². The van der Waals surface area contributed by atoms with Gasteiger partial charge in [-0.1, -0.05) is 13.3 Å². The number of nitrogens with one attached hydrogen (secondary N) is 1. The highest BCUT2D eigenvalue weighted by Gasteiger charge is 2.18. The van der Waals surface area contributed by atoms with Crippen molar-refractivity contribution in [1.29, 1.82) is 0 Å². The lowest BCUT2D eigenvalue weighted by atomic mass is 10.3. The number of amides is 1. The molecule has 1 aromatic rings. The lowest BCUT2D eigenvalue weighted by molar-refractivity contribution is -0.148. The van der Waals surface area contributed by atoms with E-state index in [9.17, 15) is 14.4 Å². The molecule has 0 saturated carbocycles. The minimum absolute atomic E-state index is 0.0611. The Morgan fingerprint density at radius 1 is 1.48 bits per heavy atom. The number of aliphatic carboxylic acids is 1. The smallest absolute Gasteiger partial charge is 0.334 e. The molecule has 1 aromatic heterocycles. The van der Waals surface area contributed by atoms with Crippen LogP contribution in [0.25, 0.3) is 0 Å². The van der Waals surface area contributed by atoms with Gasteiger partial charge in [0.2, 0.25) is 0 Å². The van der Waals surface area contributed by atoms with Gasteiger partial charge in [0, 0.05) is 19.7 Å². The maximum atomic E-state index is 11.9. The number of carboxylic acid groups (broad SMARTS) is 1. The molecule has 1 amide bonds. The molecule has 0 aliphatic carbocycles. The third-order valence-corrected chi connectivity index (χ3v) is 2.83. The number of hydrogen-bond acceptors (Lipinski definition) is 5. The largest absolute Gasteiger partial charge is 0.479 e. The molecule has 0 fully saturated rings. The average Bonchev–Trinajstić information content (AvgIpc) is 2.46. The molecule has 0 aromatic carbocycles. The molecule has 0 spiro atoms. The molecule has 1 rings (SSSR count). The third-order valence-electron chi connectivity index (χ3n) is 2.83. The van der Waals surface area contributed by atoms with Crippen molar-refractivity contribution < 1.29 is 19.4 Å². The molecule has 0 aliphatic heterocycles. The van der Waals surface area contributed by atoms with Crippen LogP contribution in [0.5, 0.6) is 0 Å². The number of rotatable bonds is 8. The fourth-order valence-corrected chi connectivity index (χ4v) is 1.59. The molecule has 0 aliphatic rings. The topological polar surface area (TPSA) is 111 Å². The van der Waals surface area contributed by atoms with E-state index in [0.29, 0.717) is 6.54 Å². The van der Waals surface area contributed by atoms with Crippen molar-refractivity contribution in [2.45, 2.75) is 32.4 Å². The molecular formula is C13H19N3O5. The van der Waals surface area contributed by atoms with Crippen molar-refractivity contribution in [2.24, 2.45) is 0 Å². The van der Waals surface area contributed by atoms with Crippen LogP contribution in [0.4, 0.5) is 0 Å². The predicted molar refractivity (Wildman–Crippen MR) is 74.2 cm³/mol. The number of methoxy groups -OCH3 is 1. The van der Waals surface area contributed by atoms with Crippen molar-refractivity contribution in [3.63, 3.8) is 0 Å². The van der Waals surface area contributed by atoms with Gasteiger partial charge in [0.25, 0.3) is 11.5 Å². The monoisotopic (exact) mass is 297 g/mol. The average molecular weight is 297 g/mol. The Labute approximate surface area is 121 Å². The lowest BCUT2D eigenvalue weighted by Crippen LogP contribution is -2.38. The number of aryl methyl sites for hydroxylation is 1. The van der Waals surface area contributed by atoms with Gasteiger partial charge in [-0.05, 0) is 12.5 Å². The Morgan fingerprint density at radius 3 is 2.76 bits per heavy atom. The first-order chi connectivity index (χ1) is 9.99. The number of carbonyl (C=O) groups is 2. The van der Waals surface area contributed by atoms with Gasteiger partial charge in [0.1, 0.15) is 5.69 Å². The molecule has 2 N–H and O–H groups in total. The van der Waals surface area contributed by atoms with Gasteiger partial charge < -0.3 is 15.2 Å². The zero-order valence-electron chi connectivity index (χ0n) is 12.0. The second-order valence-electron chi connectivity index (χ2n) is 4.41. The Balaban J connectivity index is 2.74. The number of hydrogen-bond donors (Lipinski definition) is 2. The standard InChI is InChI=1S/C13H19N3O5/c1-3-4-7-16-11(17)6-5-9(15-16)12(18)14-8-10(21-2)13(19)20/h5-6,10H,3-4,7-8H2,1-2H3,(H,14,18)(H,19,20). The summed E-state index contributed by atoms with van der Waals surface area (Å²) in [6.45, 7) is 2.24. The van der Waals surface area contributed by atoms with E-state index in [1.54, 1.807) is 0 Å². The second kappa shape index (κ2) is 8.15. The van der Waals surface area contributed by atoms with Gasteiger partial charge in [0.15, 0.2) is 6.10 Å². The first kappa shape index (κ1) is 16.8. The highest BCUT2D eigenvalue weighted by molar-refractivity contribution is 5.92. The molecule has 1 unspecified atom stereocenters. The van der Waals surface area contributed by atoms with Crippen LogP contribution >= 0.6 is 0 Å². The summed E-state index contributed by atoms with van der Waals surface area (Å²) in [5, 5.41) is 15.2. The fourth-order valence-electron chi connectivity index (χ4n) is 1.59. The van der Waals surface area contributed by atoms with Gasteiger partial charge >= 0.3 is 5.97 Å². The Bertz CT molecular complexity index is 555. The van der Waals surface area contributed by atoms with Gasteiger partial charge in [-0.3, -0.25) is 9.59 Å². The van der Waals surface area contributed by atoms with E-state index in [2.05, 4.69) is 10.4 Å². The lowest BCUT2D eigenvalue weighted by Gasteiger charge is -2.11. The summed E-state index contributed by atoms with van der Waals surface area (Å²) in [4.78, 5) is 34.2. The number of carbonyl (C=O) groups excluding carboxylic acids is 1. The number of carboxylic acids is 1. The summed E-state index contributed by atoms with van der Waals surface area (Å²) in [5.41, 5.74) is -0.216. The van der Waals surface area contributed by atoms with E-state index in [1.165, 1.54) is 23.9 Å². The first-order valence-corrected chi connectivity index (χ1v) is 6.61. The minimum Gasteiger partial charge on any atom is -0.479 e. The molecule has 116 valence electrons. The van der Waals surface area contributed by atoms with Gasteiger partial charge in [-0.15, -0.1) is 0 Å². The normalized spacial score (nSPS) is 11.9. The number of nitrogens with zero attached hydrogens (tertiary/aromatic N) is 2. The highest BCUT2D eigenvalue weighted by atomic mass is 16.5. The van der Waals surface area contributed by atoms with Gasteiger partial charge in [-0.2, -0.15) is 5.10 Å². The van der Waals surface area contributed by atoms with Crippen LogP contribution in [-0.4, -0.2) is 46.5 Å². The molecule has 1 heterocycles. The molecule has 21 heavy (non-hydrogen) atoms. The van der Waals surface area contributed by atoms with Gasteiger partial charge in [-0.25, -0.2) is 9.48 Å². The Kier molecular flexibility index (Phi) is 6.54. The summed E-state index contributed by atoms with van der Waals surface area (Å²) in [5.74, 6) is -1.72. The maximum Gasteiger partial charge on any atom is 0.334 e. The molecule has 0 saturated heterocycles. The molecular weight excluding hydrogens is 278 g/mol. The quantitative estimate of drug-likeness (QED) is 0.691. The van der Waals surface area contributed by atoms with Crippen LogP contribution in [0.1, 0.15) is 30.3 Å². The van der Waals surface area contributed by atoms with Crippen LogP contribution in [0, 0.1) is 0 Å². The van der Waals surface area contributed by atoms with Crippen molar-refractivity contribution >= 4 is 11.9 Å². The molecule has 8 nitrogen and oxygen atoms in total. The second-order valence-corrected chi connectivity index (χ2v) is 4.41. The Hall–Kier alpha value is -2.22. The van der Waals surface area contributed by atoms with Crippen molar-refractivity contribution in [2.75, 3.05) is 13.7 Å². The Morgan fingerprint density at radius 2 is 2.19 bits per heavy atom. The summed E-state index contributed by atoms with van der Waals surface area (Å²) in [6.07, 6.45) is 0.557. The number of ether oxygens (including phenoxy) is 1. The SMILES string of the molecule is CCCCn1nc(C(=O)NCC(OC)C(=O)O)ccc1=O. The third kappa shape index (κ3) is 4.99. The highest BCUT2D eigenvalue weighted by Crippen LogP contribution is 1.95. The van der Waals surface area contributed by atoms with E-state index in [0.717, 1.165) is 12.8 Å². The summed E-state index contributed by atoms with van der Waals surface area (Å²) in [6, 6.07) is 2.57. The number of unbranched alkanes of at least 4 members (excludes halogenated alkanes) is 1. The van der Waals surface area contributed by atoms with Crippen LogP contribution in [0.15, 0.2) is 16.9 Å². The molecule has 1 atom stereocenters. The molecule has 8 heteroatoms. The van der Waals surface area contributed by atoms with E-state index in [1.807, 2.05) is 6.92 Å². The van der Waals surface area contributed by atoms with Crippen LogP contribution in [-0.2, 0) is 16.1 Å². The first-order valence-electron chi connectivity index (χ1n) is 6.61. The van der Waals surface area contributed by atoms with Crippen LogP contribution in [0.3, 0.4) is 0 Å². The zero-order chi connectivity index (χ0) is 15.8. The zero-order valence-corrected chi connectivity index (χ0v) is 12.0. The summed E-state index contributed by atoms with van der Waals surface area (Å²) in [7, 11) is 1.24. The van der Waals surface area contributed by atoms with Crippen molar-refractivity contribution in [3.8, 4) is 0 Å². The van der Waals surface area contributed by atoms with E-state index < -0.39 is 18.0 Å². The minimum atomic E-state index is -1.17. The summed E-state index contributed by atoms with van der Waals surface area (Å²) < 4.78 is 5.93. The van der Waals surface area contributed by atoms with Gasteiger partial charge in [0.05, 0.1) is 6.54 Å². The molecule has 0 radical (unpaired) electrons. The maximum absolute atomic E-state index is 11.9. The number of aromatic nitrogens is 2. The van der Waals surface area contributed by atoms with Crippen molar-refractivity contribution in [3.05, 3.63) is 28.2 Å². The summed E-state index contributed by atoms with van der Waals surface area (Å²) >= 11 is 0. The van der Waals surface area contributed by atoms with E-state index in [-0.39, 0.29) is 17.8 Å².